The van der Waals surface area contributed by atoms with E-state index in [1.807, 2.05) is 86.6 Å². The van der Waals surface area contributed by atoms with Crippen molar-refractivity contribution < 1.29 is 23.8 Å². The summed E-state index contributed by atoms with van der Waals surface area (Å²) in [6, 6.07) is 22.9. The Morgan fingerprint density at radius 2 is 1.64 bits per heavy atom. The zero-order valence-electron chi connectivity index (χ0n) is 20.5. The zero-order chi connectivity index (χ0) is 25.2. The van der Waals surface area contributed by atoms with Crippen LogP contribution in [0.5, 0.6) is 11.5 Å². The van der Waals surface area contributed by atoms with Crippen LogP contribution < -0.4 is 14.8 Å². The maximum absolute atomic E-state index is 13.6. The molecule has 36 heavy (non-hydrogen) atoms. The molecule has 1 N–H and O–H groups in total. The lowest BCUT2D eigenvalue weighted by atomic mass is 9.79. The molecule has 0 saturated heterocycles. The lowest BCUT2D eigenvalue weighted by Crippen LogP contribution is -2.29. The number of allylic oxidation sites excluding steroid dienone is 2. The molecule has 5 rings (SSSR count). The summed E-state index contributed by atoms with van der Waals surface area (Å²) in [5.41, 5.74) is 5.55. The van der Waals surface area contributed by atoms with Crippen LogP contribution in [0.4, 0.5) is 0 Å². The van der Waals surface area contributed by atoms with E-state index >= 15 is 0 Å². The molecule has 0 spiro atoms. The van der Waals surface area contributed by atoms with Crippen LogP contribution in [0.1, 0.15) is 46.8 Å². The largest absolute Gasteiger partial charge is 0.490 e. The Morgan fingerprint density at radius 1 is 0.917 bits per heavy atom. The van der Waals surface area contributed by atoms with Crippen LogP contribution in [0.3, 0.4) is 0 Å². The van der Waals surface area contributed by atoms with Gasteiger partial charge in [0.1, 0.15) is 6.61 Å². The number of fused-ring (bicyclic) bond motifs is 2. The molecule has 182 valence electrons. The third-order valence-electron chi connectivity index (χ3n) is 6.49. The molecule has 3 aromatic rings. The SMILES string of the molecule is CCOc1cc([C@@H]2C(C(=O)OC)=C(C)NC3=C2C(=O)c2ccccc23)ccc1OCc1ccccc1. The number of rotatable bonds is 7. The number of ketones is 1. The Hall–Kier alpha value is -4.32. The van der Waals surface area contributed by atoms with Gasteiger partial charge in [-0.05, 0) is 37.1 Å². The van der Waals surface area contributed by atoms with Crippen LogP contribution in [0.2, 0.25) is 0 Å². The molecule has 0 aromatic heterocycles. The summed E-state index contributed by atoms with van der Waals surface area (Å²) in [5.74, 6) is -0.0570. The Kier molecular flexibility index (Phi) is 6.34. The molecule has 6 heteroatoms. The number of carbonyl (C=O) groups is 2. The number of hydrogen-bond donors (Lipinski definition) is 1. The van der Waals surface area contributed by atoms with Crippen molar-refractivity contribution in [2.75, 3.05) is 13.7 Å². The third-order valence-corrected chi connectivity index (χ3v) is 6.49. The van der Waals surface area contributed by atoms with Gasteiger partial charge in [0.2, 0.25) is 0 Å². The fraction of sp³-hybridized carbons (Fsp3) is 0.200. The molecule has 1 atom stereocenters. The van der Waals surface area contributed by atoms with E-state index in [2.05, 4.69) is 5.32 Å². The van der Waals surface area contributed by atoms with E-state index in [0.717, 1.165) is 22.4 Å². The first kappa shape index (κ1) is 23.4. The minimum Gasteiger partial charge on any atom is -0.490 e. The first-order valence-electron chi connectivity index (χ1n) is 11.9. The second-order valence-electron chi connectivity index (χ2n) is 8.67. The second-order valence-corrected chi connectivity index (χ2v) is 8.67. The van der Waals surface area contributed by atoms with E-state index in [0.29, 0.717) is 47.1 Å². The van der Waals surface area contributed by atoms with E-state index in [-0.39, 0.29) is 5.78 Å². The molecule has 0 fully saturated rings. The van der Waals surface area contributed by atoms with Crippen LogP contribution in [0.25, 0.3) is 5.70 Å². The van der Waals surface area contributed by atoms with Gasteiger partial charge in [0.15, 0.2) is 17.3 Å². The Bertz CT molecular complexity index is 1400. The average Bonchev–Trinajstić information content (AvgIpc) is 3.19. The van der Waals surface area contributed by atoms with Gasteiger partial charge in [-0.15, -0.1) is 0 Å². The molecule has 0 amide bonds. The zero-order valence-corrected chi connectivity index (χ0v) is 20.5. The molecular formula is C30H27NO5. The Morgan fingerprint density at radius 3 is 2.36 bits per heavy atom. The van der Waals surface area contributed by atoms with Crippen molar-refractivity contribution in [2.24, 2.45) is 0 Å². The maximum atomic E-state index is 13.6. The number of carbonyl (C=O) groups excluding carboxylic acids is 2. The summed E-state index contributed by atoms with van der Waals surface area (Å²) in [7, 11) is 1.35. The normalized spacial score (nSPS) is 16.3. The van der Waals surface area contributed by atoms with E-state index in [9.17, 15) is 9.59 Å². The summed E-state index contributed by atoms with van der Waals surface area (Å²) in [6.07, 6.45) is 0. The van der Waals surface area contributed by atoms with Crippen molar-refractivity contribution in [1.82, 2.24) is 5.32 Å². The standard InChI is InChI=1S/C30H27NO5/c1-4-35-24-16-20(14-15-23(24)36-17-19-10-6-5-7-11-19)26-25(30(33)34-3)18(2)31-28-21-12-8-9-13-22(21)29(32)27(26)28/h5-16,26,31H,4,17H2,1-3H3/t26-/m1/s1. The van der Waals surface area contributed by atoms with Gasteiger partial charge in [-0.3, -0.25) is 4.79 Å². The number of ether oxygens (including phenoxy) is 3. The van der Waals surface area contributed by atoms with Crippen molar-refractivity contribution in [3.8, 4) is 11.5 Å². The molecule has 0 saturated carbocycles. The fourth-order valence-electron chi connectivity index (χ4n) is 4.87. The number of hydrogen-bond acceptors (Lipinski definition) is 6. The molecule has 1 aliphatic heterocycles. The Labute approximate surface area is 210 Å². The first-order chi connectivity index (χ1) is 17.5. The molecule has 1 heterocycles. The van der Waals surface area contributed by atoms with Crippen molar-refractivity contribution in [3.05, 3.63) is 112 Å². The van der Waals surface area contributed by atoms with Gasteiger partial charge in [0.05, 0.1) is 25.0 Å². The van der Waals surface area contributed by atoms with Crippen molar-refractivity contribution in [1.29, 1.82) is 0 Å². The number of benzene rings is 3. The van der Waals surface area contributed by atoms with Crippen LogP contribution in [-0.2, 0) is 16.1 Å². The molecule has 2 aliphatic rings. The van der Waals surface area contributed by atoms with Gasteiger partial charge in [-0.2, -0.15) is 0 Å². The lowest BCUT2D eigenvalue weighted by molar-refractivity contribution is -0.136. The van der Waals surface area contributed by atoms with Crippen molar-refractivity contribution >= 4 is 17.4 Å². The van der Waals surface area contributed by atoms with Crippen molar-refractivity contribution in [3.63, 3.8) is 0 Å². The fourth-order valence-corrected chi connectivity index (χ4v) is 4.87. The summed E-state index contributed by atoms with van der Waals surface area (Å²) >= 11 is 0. The molecule has 0 unspecified atom stereocenters. The quantitative estimate of drug-likeness (QED) is 0.455. The first-order valence-corrected chi connectivity index (χ1v) is 11.9. The summed E-state index contributed by atoms with van der Waals surface area (Å²) in [4.78, 5) is 26.5. The molecular weight excluding hydrogens is 454 g/mol. The maximum Gasteiger partial charge on any atom is 0.336 e. The Balaban J connectivity index is 1.59. The minimum atomic E-state index is -0.615. The number of methoxy groups -OCH3 is 1. The second kappa shape index (κ2) is 9.74. The van der Waals surface area contributed by atoms with Gasteiger partial charge in [-0.25, -0.2) is 4.79 Å². The number of esters is 1. The highest BCUT2D eigenvalue weighted by molar-refractivity contribution is 6.23. The van der Waals surface area contributed by atoms with Gasteiger partial charge in [-0.1, -0.05) is 60.7 Å². The average molecular weight is 482 g/mol. The van der Waals surface area contributed by atoms with E-state index in [4.69, 9.17) is 14.2 Å². The summed E-state index contributed by atoms with van der Waals surface area (Å²) in [5, 5.41) is 3.30. The number of nitrogens with one attached hydrogen (secondary N) is 1. The molecule has 0 bridgehead atoms. The van der Waals surface area contributed by atoms with Gasteiger partial charge >= 0.3 is 5.97 Å². The van der Waals surface area contributed by atoms with Crippen LogP contribution in [-0.4, -0.2) is 25.5 Å². The molecule has 0 radical (unpaired) electrons. The van der Waals surface area contributed by atoms with E-state index in [1.54, 1.807) is 0 Å². The topological polar surface area (TPSA) is 73.9 Å². The van der Waals surface area contributed by atoms with Gasteiger partial charge < -0.3 is 19.5 Å². The summed E-state index contributed by atoms with van der Waals surface area (Å²) < 4.78 is 17.1. The van der Waals surface area contributed by atoms with Crippen LogP contribution >= 0.6 is 0 Å². The molecule has 6 nitrogen and oxygen atoms in total. The monoisotopic (exact) mass is 481 g/mol. The van der Waals surface area contributed by atoms with Crippen molar-refractivity contribution in [2.45, 2.75) is 26.4 Å². The van der Waals surface area contributed by atoms with Gasteiger partial charge in [0, 0.05) is 28.3 Å². The minimum absolute atomic E-state index is 0.102. The van der Waals surface area contributed by atoms with Gasteiger partial charge in [0.25, 0.3) is 0 Å². The highest BCUT2D eigenvalue weighted by atomic mass is 16.5. The number of Topliss-reactive ketones (excluding diaryl/α,β-unsaturated/α-hetero) is 1. The molecule has 1 aliphatic carbocycles. The predicted octanol–water partition coefficient (Wildman–Crippen LogP) is 5.41. The highest BCUT2D eigenvalue weighted by Gasteiger charge is 2.43. The lowest BCUT2D eigenvalue weighted by Gasteiger charge is -2.29. The van der Waals surface area contributed by atoms with Crippen LogP contribution in [0, 0.1) is 0 Å². The third kappa shape index (κ3) is 4.05. The number of dihydropyridines is 1. The summed E-state index contributed by atoms with van der Waals surface area (Å²) in [6.45, 7) is 4.56. The molecule has 3 aromatic carbocycles. The van der Waals surface area contributed by atoms with E-state index in [1.165, 1.54) is 7.11 Å². The van der Waals surface area contributed by atoms with Crippen LogP contribution in [0.15, 0.2) is 89.6 Å². The van der Waals surface area contributed by atoms with E-state index < -0.39 is 11.9 Å². The predicted molar refractivity (Wildman–Crippen MR) is 137 cm³/mol. The highest BCUT2D eigenvalue weighted by Crippen LogP contribution is 2.48. The smallest absolute Gasteiger partial charge is 0.336 e.